The summed E-state index contributed by atoms with van der Waals surface area (Å²) in [5.74, 6) is -0.327. The second kappa shape index (κ2) is 6.61. The van der Waals surface area contributed by atoms with E-state index < -0.39 is 0 Å². The van der Waals surface area contributed by atoms with Crippen LogP contribution in [0.3, 0.4) is 0 Å². The van der Waals surface area contributed by atoms with Gasteiger partial charge in [-0.25, -0.2) is 0 Å². The lowest BCUT2D eigenvalue weighted by atomic mass is 10.0. The van der Waals surface area contributed by atoms with Gasteiger partial charge in [0.1, 0.15) is 0 Å². The first-order valence-electron chi connectivity index (χ1n) is 8.34. The van der Waals surface area contributed by atoms with Gasteiger partial charge in [0.05, 0.1) is 18.9 Å². The predicted molar refractivity (Wildman–Crippen MR) is 97.0 cm³/mol. The van der Waals surface area contributed by atoms with E-state index in [0.29, 0.717) is 24.5 Å². The van der Waals surface area contributed by atoms with Crippen LogP contribution in [0.4, 0.5) is 5.69 Å². The highest BCUT2D eigenvalue weighted by atomic mass is 16.5. The molecule has 2 N–H and O–H groups in total. The maximum atomic E-state index is 12.4. The lowest BCUT2D eigenvalue weighted by molar-refractivity contribution is 0.102. The third-order valence-corrected chi connectivity index (χ3v) is 4.46. The summed E-state index contributed by atoms with van der Waals surface area (Å²) in [6.45, 7) is 1.23. The van der Waals surface area contributed by atoms with Gasteiger partial charge < -0.3 is 14.6 Å². The van der Waals surface area contributed by atoms with E-state index in [0.717, 1.165) is 28.9 Å². The van der Waals surface area contributed by atoms with E-state index in [1.807, 2.05) is 18.2 Å². The number of amides is 1. The Morgan fingerprint density at radius 1 is 1.31 bits per heavy atom. The minimum atomic E-state index is -0.327. The number of H-pyrrole nitrogens is 1. The van der Waals surface area contributed by atoms with Crippen molar-refractivity contribution in [3.8, 4) is 11.3 Å². The maximum Gasteiger partial charge on any atom is 0.255 e. The normalized spacial score (nSPS) is 13.3. The Morgan fingerprint density at radius 2 is 2.19 bits per heavy atom. The van der Waals surface area contributed by atoms with Gasteiger partial charge in [-0.15, -0.1) is 0 Å². The zero-order valence-electron chi connectivity index (χ0n) is 14.3. The first-order chi connectivity index (χ1) is 12.6. The third kappa shape index (κ3) is 3.04. The molecule has 0 spiro atoms. The van der Waals surface area contributed by atoms with Crippen LogP contribution < -0.4 is 10.9 Å². The molecule has 0 fully saturated rings. The monoisotopic (exact) mass is 350 g/mol. The van der Waals surface area contributed by atoms with Gasteiger partial charge in [-0.2, -0.15) is 5.10 Å². The third-order valence-electron chi connectivity index (χ3n) is 4.46. The smallest absolute Gasteiger partial charge is 0.255 e. The highest BCUT2D eigenvalue weighted by Gasteiger charge is 2.18. The fourth-order valence-corrected chi connectivity index (χ4v) is 2.99. The van der Waals surface area contributed by atoms with Gasteiger partial charge in [0, 0.05) is 53.8 Å². The number of ether oxygens (including phenoxy) is 1. The SMILES string of the molecule is Cn1ccc(C(=O)Nc2cccc(-c3n[nH]c4c3COCC4)c2)cc1=O. The number of anilines is 1. The number of fused-ring (bicyclic) bond motifs is 1. The molecule has 0 aliphatic carbocycles. The molecule has 0 radical (unpaired) electrons. The number of carbonyl (C=O) groups excluding carboxylic acids is 1. The molecule has 0 saturated heterocycles. The van der Waals surface area contributed by atoms with Crippen LogP contribution in [0.5, 0.6) is 0 Å². The number of carbonyl (C=O) groups is 1. The molecule has 4 rings (SSSR count). The van der Waals surface area contributed by atoms with Crippen molar-refractivity contribution < 1.29 is 9.53 Å². The minimum Gasteiger partial charge on any atom is -0.376 e. The number of benzene rings is 1. The lowest BCUT2D eigenvalue weighted by Crippen LogP contribution is -2.19. The van der Waals surface area contributed by atoms with Crippen molar-refractivity contribution in [1.29, 1.82) is 0 Å². The average Bonchev–Trinajstić information content (AvgIpc) is 3.08. The van der Waals surface area contributed by atoms with Crippen LogP contribution in [0.25, 0.3) is 11.3 Å². The number of aromatic amines is 1. The van der Waals surface area contributed by atoms with E-state index in [9.17, 15) is 9.59 Å². The van der Waals surface area contributed by atoms with Crippen molar-refractivity contribution >= 4 is 11.6 Å². The van der Waals surface area contributed by atoms with E-state index in [4.69, 9.17) is 4.74 Å². The van der Waals surface area contributed by atoms with Gasteiger partial charge in [0.2, 0.25) is 0 Å². The molecule has 1 aliphatic heterocycles. The summed E-state index contributed by atoms with van der Waals surface area (Å²) in [5.41, 5.74) is 4.63. The van der Waals surface area contributed by atoms with Gasteiger partial charge in [0.15, 0.2) is 0 Å². The molecule has 7 nitrogen and oxygen atoms in total. The molecule has 1 amide bonds. The van der Waals surface area contributed by atoms with Crippen molar-refractivity contribution in [2.24, 2.45) is 7.05 Å². The van der Waals surface area contributed by atoms with Crippen molar-refractivity contribution in [3.63, 3.8) is 0 Å². The van der Waals surface area contributed by atoms with Gasteiger partial charge in [0.25, 0.3) is 11.5 Å². The molecule has 0 saturated carbocycles. The number of pyridine rings is 1. The van der Waals surface area contributed by atoms with Crippen LogP contribution in [-0.4, -0.2) is 27.3 Å². The molecule has 0 bridgehead atoms. The molecule has 1 aliphatic rings. The molecule has 1 aromatic carbocycles. The van der Waals surface area contributed by atoms with Gasteiger partial charge in [-0.3, -0.25) is 14.7 Å². The Bertz CT molecular complexity index is 1040. The summed E-state index contributed by atoms with van der Waals surface area (Å²) < 4.78 is 6.95. The number of aromatic nitrogens is 3. The van der Waals surface area contributed by atoms with Crippen molar-refractivity contribution in [1.82, 2.24) is 14.8 Å². The largest absolute Gasteiger partial charge is 0.376 e. The second-order valence-electron chi connectivity index (χ2n) is 6.23. The molecule has 7 heteroatoms. The molecule has 26 heavy (non-hydrogen) atoms. The Balaban J connectivity index is 1.60. The van der Waals surface area contributed by atoms with E-state index in [1.165, 1.54) is 10.6 Å². The highest BCUT2D eigenvalue weighted by molar-refractivity contribution is 6.04. The average molecular weight is 350 g/mol. The molecular formula is C19H18N4O3. The molecule has 132 valence electrons. The zero-order chi connectivity index (χ0) is 18.1. The molecular weight excluding hydrogens is 332 g/mol. The standard InChI is InChI=1S/C19H18N4O3/c1-23-7-5-13(10-17(23)24)19(25)20-14-4-2-3-12(9-14)18-15-11-26-8-6-16(15)21-22-18/h2-5,7,9-10H,6,8,11H2,1H3,(H,20,25)(H,21,22). The number of hydrogen-bond acceptors (Lipinski definition) is 4. The molecule has 0 atom stereocenters. The van der Waals surface area contributed by atoms with Crippen LogP contribution in [0.1, 0.15) is 21.6 Å². The Labute approximate surface area is 149 Å². The van der Waals surface area contributed by atoms with Gasteiger partial charge in [-0.1, -0.05) is 12.1 Å². The number of aryl methyl sites for hydroxylation is 1. The summed E-state index contributed by atoms with van der Waals surface area (Å²) in [4.78, 5) is 24.1. The Morgan fingerprint density at radius 3 is 3.04 bits per heavy atom. The lowest BCUT2D eigenvalue weighted by Gasteiger charge is -2.13. The number of nitrogens with one attached hydrogen (secondary N) is 2. The van der Waals surface area contributed by atoms with Gasteiger partial charge >= 0.3 is 0 Å². The van der Waals surface area contributed by atoms with Crippen molar-refractivity contribution in [2.75, 3.05) is 11.9 Å². The van der Waals surface area contributed by atoms with Crippen LogP contribution in [0.2, 0.25) is 0 Å². The fourth-order valence-electron chi connectivity index (χ4n) is 2.99. The van der Waals surface area contributed by atoms with Crippen LogP contribution in [0, 0.1) is 0 Å². The summed E-state index contributed by atoms with van der Waals surface area (Å²) in [5, 5.41) is 10.3. The first-order valence-corrected chi connectivity index (χ1v) is 8.34. The fraction of sp³-hybridized carbons (Fsp3) is 0.211. The van der Waals surface area contributed by atoms with E-state index in [2.05, 4.69) is 15.5 Å². The molecule has 3 aromatic rings. The minimum absolute atomic E-state index is 0.227. The number of rotatable bonds is 3. The highest BCUT2D eigenvalue weighted by Crippen LogP contribution is 2.28. The summed E-state index contributed by atoms with van der Waals surface area (Å²) in [6.07, 6.45) is 2.39. The Hall–Kier alpha value is -3.19. The molecule has 2 aromatic heterocycles. The number of hydrogen-bond donors (Lipinski definition) is 2. The summed E-state index contributed by atoms with van der Waals surface area (Å²) in [7, 11) is 1.64. The van der Waals surface area contributed by atoms with E-state index >= 15 is 0 Å². The maximum absolute atomic E-state index is 12.4. The second-order valence-corrected chi connectivity index (χ2v) is 6.23. The van der Waals surface area contributed by atoms with Crippen LogP contribution in [-0.2, 0) is 24.8 Å². The summed E-state index contributed by atoms with van der Waals surface area (Å²) in [6, 6.07) is 10.4. The van der Waals surface area contributed by atoms with Crippen molar-refractivity contribution in [2.45, 2.75) is 13.0 Å². The quantitative estimate of drug-likeness (QED) is 0.757. The van der Waals surface area contributed by atoms with E-state index in [-0.39, 0.29) is 11.5 Å². The van der Waals surface area contributed by atoms with Gasteiger partial charge in [-0.05, 0) is 18.2 Å². The van der Waals surface area contributed by atoms with Crippen LogP contribution >= 0.6 is 0 Å². The molecule has 3 heterocycles. The topological polar surface area (TPSA) is 89.0 Å². The van der Waals surface area contributed by atoms with Crippen LogP contribution in [0.15, 0.2) is 47.4 Å². The van der Waals surface area contributed by atoms with Crippen molar-refractivity contribution in [3.05, 3.63) is 69.8 Å². The molecule has 0 unspecified atom stereocenters. The van der Waals surface area contributed by atoms with E-state index in [1.54, 1.807) is 25.4 Å². The Kier molecular flexibility index (Phi) is 4.14. The first kappa shape index (κ1) is 16.3. The number of nitrogens with zero attached hydrogens (tertiary/aromatic N) is 2. The zero-order valence-corrected chi connectivity index (χ0v) is 14.3. The predicted octanol–water partition coefficient (Wildman–Crippen LogP) is 2.10. The summed E-state index contributed by atoms with van der Waals surface area (Å²) >= 11 is 0.